The highest BCUT2D eigenvalue weighted by molar-refractivity contribution is 5.85. The number of aliphatic hydroxyl groups excluding tert-OH is 1. The van der Waals surface area contributed by atoms with Crippen molar-refractivity contribution in [3.05, 3.63) is 0 Å². The zero-order chi connectivity index (χ0) is 7.40. The van der Waals surface area contributed by atoms with E-state index in [1.165, 1.54) is 0 Å². The predicted molar refractivity (Wildman–Crippen MR) is 55.2 cm³/mol. The van der Waals surface area contributed by atoms with Gasteiger partial charge in [-0.3, -0.25) is 4.90 Å². The quantitative estimate of drug-likeness (QED) is 0.696. The van der Waals surface area contributed by atoms with Crippen LogP contribution in [0.5, 0.6) is 0 Å². The van der Waals surface area contributed by atoms with E-state index in [2.05, 4.69) is 4.90 Å². The summed E-state index contributed by atoms with van der Waals surface area (Å²) in [5, 5.41) is 9.22. The molecule has 1 atom stereocenters. The molecule has 0 aliphatic carbocycles. The van der Waals surface area contributed by atoms with Crippen LogP contribution >= 0.6 is 24.8 Å². The minimum atomic E-state index is -0.111. The maximum atomic E-state index is 9.22. The SMILES string of the molecule is Cl.Cl.NCCN1CCCC(O)C1. The Balaban J connectivity index is 0. The molecule has 0 aromatic rings. The van der Waals surface area contributed by atoms with Crippen LogP contribution in [0.2, 0.25) is 0 Å². The summed E-state index contributed by atoms with van der Waals surface area (Å²) in [5.74, 6) is 0. The summed E-state index contributed by atoms with van der Waals surface area (Å²) in [7, 11) is 0. The molecule has 1 saturated heterocycles. The normalized spacial score (nSPS) is 24.0. The first-order valence-corrected chi connectivity index (χ1v) is 3.93. The maximum absolute atomic E-state index is 9.22. The molecular weight excluding hydrogens is 199 g/mol. The second-order valence-corrected chi connectivity index (χ2v) is 2.89. The van der Waals surface area contributed by atoms with Gasteiger partial charge in [-0.1, -0.05) is 0 Å². The molecule has 0 radical (unpaired) electrons. The van der Waals surface area contributed by atoms with Crippen LogP contribution in [0, 0.1) is 0 Å². The Morgan fingerprint density at radius 1 is 1.42 bits per heavy atom. The summed E-state index contributed by atoms with van der Waals surface area (Å²) in [6.07, 6.45) is 1.96. The van der Waals surface area contributed by atoms with Gasteiger partial charge in [0.05, 0.1) is 6.10 Å². The van der Waals surface area contributed by atoms with Crippen molar-refractivity contribution in [2.75, 3.05) is 26.2 Å². The molecule has 12 heavy (non-hydrogen) atoms. The number of hydrogen-bond acceptors (Lipinski definition) is 3. The van der Waals surface area contributed by atoms with E-state index < -0.39 is 0 Å². The number of halogens is 2. The van der Waals surface area contributed by atoms with Gasteiger partial charge >= 0.3 is 0 Å². The number of rotatable bonds is 2. The van der Waals surface area contributed by atoms with E-state index in [1.807, 2.05) is 0 Å². The predicted octanol–water partition coefficient (Wildman–Crippen LogP) is 0.245. The van der Waals surface area contributed by atoms with Crippen molar-refractivity contribution in [3.63, 3.8) is 0 Å². The van der Waals surface area contributed by atoms with Crippen molar-refractivity contribution in [3.8, 4) is 0 Å². The van der Waals surface area contributed by atoms with E-state index in [0.717, 1.165) is 32.5 Å². The fraction of sp³-hybridized carbons (Fsp3) is 1.00. The van der Waals surface area contributed by atoms with Crippen molar-refractivity contribution in [1.82, 2.24) is 4.90 Å². The molecule has 1 aliphatic rings. The van der Waals surface area contributed by atoms with Gasteiger partial charge in [-0.25, -0.2) is 0 Å². The van der Waals surface area contributed by atoms with E-state index >= 15 is 0 Å². The Morgan fingerprint density at radius 3 is 2.58 bits per heavy atom. The Hall–Kier alpha value is 0.460. The third kappa shape index (κ3) is 5.17. The largest absolute Gasteiger partial charge is 0.392 e. The van der Waals surface area contributed by atoms with Gasteiger partial charge in [0, 0.05) is 19.6 Å². The molecule has 0 aromatic heterocycles. The monoisotopic (exact) mass is 216 g/mol. The third-order valence-corrected chi connectivity index (χ3v) is 1.93. The van der Waals surface area contributed by atoms with Crippen molar-refractivity contribution in [2.45, 2.75) is 18.9 Å². The number of hydrogen-bond donors (Lipinski definition) is 2. The minimum Gasteiger partial charge on any atom is -0.392 e. The fourth-order valence-corrected chi connectivity index (χ4v) is 1.42. The molecule has 3 nitrogen and oxygen atoms in total. The summed E-state index contributed by atoms with van der Waals surface area (Å²) in [5.41, 5.74) is 5.38. The Labute approximate surface area is 86.1 Å². The second-order valence-electron chi connectivity index (χ2n) is 2.89. The lowest BCUT2D eigenvalue weighted by atomic mass is 10.1. The van der Waals surface area contributed by atoms with Gasteiger partial charge in [-0.2, -0.15) is 0 Å². The van der Waals surface area contributed by atoms with Crippen LogP contribution < -0.4 is 5.73 Å². The summed E-state index contributed by atoms with van der Waals surface area (Å²) >= 11 is 0. The summed E-state index contributed by atoms with van der Waals surface area (Å²) in [6, 6.07) is 0. The molecule has 0 spiro atoms. The zero-order valence-electron chi connectivity index (χ0n) is 7.11. The van der Waals surface area contributed by atoms with Crippen molar-refractivity contribution >= 4 is 24.8 Å². The Morgan fingerprint density at radius 2 is 2.08 bits per heavy atom. The van der Waals surface area contributed by atoms with E-state index in [-0.39, 0.29) is 30.9 Å². The average Bonchev–Trinajstić information content (AvgIpc) is 1.88. The van der Waals surface area contributed by atoms with Crippen molar-refractivity contribution in [1.29, 1.82) is 0 Å². The molecule has 1 fully saturated rings. The smallest absolute Gasteiger partial charge is 0.0667 e. The highest BCUT2D eigenvalue weighted by atomic mass is 35.5. The maximum Gasteiger partial charge on any atom is 0.0667 e. The first kappa shape index (κ1) is 15.0. The molecule has 0 bridgehead atoms. The lowest BCUT2D eigenvalue weighted by molar-refractivity contribution is 0.0725. The number of nitrogens with zero attached hydrogens (tertiary/aromatic N) is 1. The zero-order valence-corrected chi connectivity index (χ0v) is 8.74. The van der Waals surface area contributed by atoms with E-state index in [0.29, 0.717) is 6.54 Å². The van der Waals surface area contributed by atoms with Gasteiger partial charge < -0.3 is 10.8 Å². The molecular formula is C7H18Cl2N2O. The molecule has 0 aromatic carbocycles. The number of nitrogens with two attached hydrogens (primary N) is 1. The molecule has 5 heteroatoms. The van der Waals surface area contributed by atoms with Crippen LogP contribution in [0.15, 0.2) is 0 Å². The van der Waals surface area contributed by atoms with Gasteiger partial charge in [0.2, 0.25) is 0 Å². The summed E-state index contributed by atoms with van der Waals surface area (Å²) < 4.78 is 0. The van der Waals surface area contributed by atoms with E-state index in [4.69, 9.17) is 5.73 Å². The van der Waals surface area contributed by atoms with Gasteiger partial charge in [-0.15, -0.1) is 24.8 Å². The van der Waals surface area contributed by atoms with Crippen molar-refractivity contribution in [2.24, 2.45) is 5.73 Å². The van der Waals surface area contributed by atoms with Crippen molar-refractivity contribution < 1.29 is 5.11 Å². The average molecular weight is 217 g/mol. The molecule has 0 saturated carbocycles. The highest BCUT2D eigenvalue weighted by Gasteiger charge is 2.15. The number of β-amino-alcohol motifs (C(OH)–C–C–N with tert-alkyl or cyclic N) is 1. The van der Waals surface area contributed by atoms with Crippen LogP contribution in [0.25, 0.3) is 0 Å². The molecule has 1 rings (SSSR count). The molecule has 1 unspecified atom stereocenters. The third-order valence-electron chi connectivity index (χ3n) is 1.93. The summed E-state index contributed by atoms with van der Waals surface area (Å²) in [4.78, 5) is 2.22. The lowest BCUT2D eigenvalue weighted by Crippen LogP contribution is -2.40. The molecule has 1 aliphatic heterocycles. The van der Waals surface area contributed by atoms with E-state index in [9.17, 15) is 5.11 Å². The molecule has 1 heterocycles. The standard InChI is InChI=1S/C7H16N2O.2ClH/c8-3-5-9-4-1-2-7(10)6-9;;/h7,10H,1-6,8H2;2*1H. The van der Waals surface area contributed by atoms with Crippen LogP contribution in [0.1, 0.15) is 12.8 Å². The number of likely N-dealkylation sites (tertiary alicyclic amines) is 1. The van der Waals surface area contributed by atoms with Gasteiger partial charge in [0.1, 0.15) is 0 Å². The fourth-order valence-electron chi connectivity index (χ4n) is 1.42. The lowest BCUT2D eigenvalue weighted by Gasteiger charge is -2.29. The Kier molecular flexibility index (Phi) is 10.1. The van der Waals surface area contributed by atoms with Gasteiger partial charge in [0.15, 0.2) is 0 Å². The summed E-state index contributed by atoms with van der Waals surface area (Å²) in [6.45, 7) is 3.55. The topological polar surface area (TPSA) is 49.5 Å². The van der Waals surface area contributed by atoms with Gasteiger partial charge in [-0.05, 0) is 19.4 Å². The Bertz CT molecular complexity index is 103. The molecule has 3 N–H and O–H groups in total. The van der Waals surface area contributed by atoms with Crippen LogP contribution in [-0.2, 0) is 0 Å². The van der Waals surface area contributed by atoms with Crippen LogP contribution in [-0.4, -0.2) is 42.3 Å². The van der Waals surface area contributed by atoms with Crippen LogP contribution in [0.4, 0.5) is 0 Å². The molecule has 76 valence electrons. The minimum absolute atomic E-state index is 0. The second kappa shape index (κ2) is 8.08. The van der Waals surface area contributed by atoms with E-state index in [1.54, 1.807) is 0 Å². The van der Waals surface area contributed by atoms with Gasteiger partial charge in [0.25, 0.3) is 0 Å². The first-order valence-electron chi connectivity index (χ1n) is 3.93. The highest BCUT2D eigenvalue weighted by Crippen LogP contribution is 2.08. The first-order chi connectivity index (χ1) is 4.83. The van der Waals surface area contributed by atoms with Crippen LogP contribution in [0.3, 0.4) is 0 Å². The number of piperidine rings is 1. The number of aliphatic hydroxyl groups is 1. The molecule has 0 amide bonds.